The molecular weight excluding hydrogens is 233 g/mol. The van der Waals surface area contributed by atoms with Crippen LogP contribution >= 0.6 is 0 Å². The van der Waals surface area contributed by atoms with Crippen LogP contribution in [0.2, 0.25) is 0 Å². The maximum absolute atomic E-state index is 13.1. The first-order chi connectivity index (χ1) is 7.22. The van der Waals surface area contributed by atoms with Crippen LogP contribution in [-0.2, 0) is 5.60 Å². The number of nitrogens with two attached hydrogens (primary N) is 1. The van der Waals surface area contributed by atoms with E-state index >= 15 is 0 Å². The molecule has 0 fully saturated rings. The molecule has 90 valence electrons. The van der Waals surface area contributed by atoms with Crippen LogP contribution in [0.4, 0.5) is 22.0 Å². The molecule has 0 aliphatic carbocycles. The summed E-state index contributed by atoms with van der Waals surface area (Å²) in [5.41, 5.74) is 0.199. The molecule has 0 aliphatic heterocycles. The highest BCUT2D eigenvalue weighted by atomic mass is 19.4. The molecule has 1 unspecified atom stereocenters. The molecule has 1 atom stereocenters. The standard InChI is InChI=1S/C9H8F5NO/c10-5-1-2-6(7(11)3-5)8(16,4-15)9(12,13)14/h1-3,16H,4,15H2. The quantitative estimate of drug-likeness (QED) is 0.774. The number of halogens is 5. The molecule has 16 heavy (non-hydrogen) atoms. The fraction of sp³-hybridized carbons (Fsp3) is 0.333. The lowest BCUT2D eigenvalue weighted by Gasteiger charge is -2.29. The Morgan fingerprint density at radius 3 is 2.12 bits per heavy atom. The molecule has 0 saturated carbocycles. The molecule has 1 rings (SSSR count). The van der Waals surface area contributed by atoms with Crippen molar-refractivity contribution in [3.05, 3.63) is 35.4 Å². The highest BCUT2D eigenvalue weighted by Gasteiger charge is 2.55. The second kappa shape index (κ2) is 3.99. The van der Waals surface area contributed by atoms with Crippen molar-refractivity contribution in [3.8, 4) is 0 Å². The molecule has 1 aromatic carbocycles. The van der Waals surface area contributed by atoms with Gasteiger partial charge in [-0.2, -0.15) is 13.2 Å². The monoisotopic (exact) mass is 241 g/mol. The molecule has 1 aromatic rings. The van der Waals surface area contributed by atoms with Crippen molar-refractivity contribution in [1.29, 1.82) is 0 Å². The summed E-state index contributed by atoms with van der Waals surface area (Å²) in [6.07, 6.45) is -5.14. The van der Waals surface area contributed by atoms with E-state index in [2.05, 4.69) is 0 Å². The average molecular weight is 241 g/mol. The van der Waals surface area contributed by atoms with Crippen molar-refractivity contribution in [1.82, 2.24) is 0 Å². The van der Waals surface area contributed by atoms with E-state index in [9.17, 15) is 27.1 Å². The van der Waals surface area contributed by atoms with E-state index in [1.807, 2.05) is 0 Å². The van der Waals surface area contributed by atoms with Gasteiger partial charge in [-0.15, -0.1) is 0 Å². The van der Waals surface area contributed by atoms with Crippen LogP contribution in [0.15, 0.2) is 18.2 Å². The second-order valence-corrected chi connectivity index (χ2v) is 3.19. The number of rotatable bonds is 2. The third-order valence-electron chi connectivity index (χ3n) is 2.14. The Bertz CT molecular complexity index is 392. The SMILES string of the molecule is NCC(O)(c1ccc(F)cc1F)C(F)(F)F. The van der Waals surface area contributed by atoms with Crippen molar-refractivity contribution in [2.24, 2.45) is 5.73 Å². The van der Waals surface area contributed by atoms with E-state index in [0.717, 1.165) is 0 Å². The van der Waals surface area contributed by atoms with Gasteiger partial charge in [0.1, 0.15) is 11.6 Å². The molecule has 0 bridgehead atoms. The number of hydrogen-bond acceptors (Lipinski definition) is 2. The molecule has 0 aromatic heterocycles. The van der Waals surface area contributed by atoms with Crippen LogP contribution < -0.4 is 5.73 Å². The average Bonchev–Trinajstić information content (AvgIpc) is 2.15. The van der Waals surface area contributed by atoms with Gasteiger partial charge >= 0.3 is 6.18 Å². The number of hydrogen-bond donors (Lipinski definition) is 2. The van der Waals surface area contributed by atoms with Crippen molar-refractivity contribution >= 4 is 0 Å². The lowest BCUT2D eigenvalue weighted by molar-refractivity contribution is -0.263. The molecule has 0 spiro atoms. The van der Waals surface area contributed by atoms with E-state index in [1.165, 1.54) is 0 Å². The minimum Gasteiger partial charge on any atom is -0.375 e. The molecule has 0 heterocycles. The van der Waals surface area contributed by atoms with Gasteiger partial charge in [0.05, 0.1) is 0 Å². The van der Waals surface area contributed by atoms with Crippen LogP contribution in [0, 0.1) is 11.6 Å². The number of benzene rings is 1. The lowest BCUT2D eigenvalue weighted by atomic mass is 9.92. The van der Waals surface area contributed by atoms with E-state index < -0.39 is 35.5 Å². The first-order valence-electron chi connectivity index (χ1n) is 4.17. The zero-order valence-electron chi connectivity index (χ0n) is 7.85. The zero-order chi connectivity index (χ0) is 12.6. The zero-order valence-corrected chi connectivity index (χ0v) is 7.85. The largest absolute Gasteiger partial charge is 0.422 e. The van der Waals surface area contributed by atoms with Gasteiger partial charge in [-0.05, 0) is 12.1 Å². The summed E-state index contributed by atoms with van der Waals surface area (Å²) in [6, 6.07) is 1.39. The van der Waals surface area contributed by atoms with Gasteiger partial charge in [0.15, 0.2) is 0 Å². The van der Waals surface area contributed by atoms with Crippen LogP contribution in [0.3, 0.4) is 0 Å². The Morgan fingerprint density at radius 1 is 1.19 bits per heavy atom. The minimum absolute atomic E-state index is 0.252. The Hall–Kier alpha value is -1.21. The number of aliphatic hydroxyl groups is 1. The first-order valence-corrected chi connectivity index (χ1v) is 4.17. The van der Waals surface area contributed by atoms with Crippen molar-refractivity contribution in [2.45, 2.75) is 11.8 Å². The van der Waals surface area contributed by atoms with Crippen LogP contribution in [0.1, 0.15) is 5.56 Å². The summed E-state index contributed by atoms with van der Waals surface area (Å²) in [7, 11) is 0. The predicted molar refractivity (Wildman–Crippen MR) is 45.4 cm³/mol. The normalized spacial score (nSPS) is 15.9. The molecule has 0 amide bonds. The summed E-state index contributed by atoms with van der Waals surface area (Å²) in [4.78, 5) is 0. The van der Waals surface area contributed by atoms with E-state index in [0.29, 0.717) is 12.1 Å². The van der Waals surface area contributed by atoms with E-state index in [4.69, 9.17) is 5.73 Å². The summed E-state index contributed by atoms with van der Waals surface area (Å²) >= 11 is 0. The van der Waals surface area contributed by atoms with Gasteiger partial charge in [-0.3, -0.25) is 0 Å². The van der Waals surface area contributed by atoms with Gasteiger partial charge in [-0.1, -0.05) is 0 Å². The molecule has 0 radical (unpaired) electrons. The second-order valence-electron chi connectivity index (χ2n) is 3.19. The summed E-state index contributed by atoms with van der Waals surface area (Å²) in [5.74, 6) is -2.53. The maximum Gasteiger partial charge on any atom is 0.422 e. The molecule has 0 saturated heterocycles. The van der Waals surface area contributed by atoms with Crippen LogP contribution in [0.25, 0.3) is 0 Å². The number of alkyl halides is 3. The van der Waals surface area contributed by atoms with Gasteiger partial charge in [0.2, 0.25) is 5.60 Å². The Balaban J connectivity index is 3.34. The Kier molecular flexibility index (Phi) is 3.20. The van der Waals surface area contributed by atoms with Crippen LogP contribution in [-0.4, -0.2) is 17.8 Å². The molecule has 7 heteroatoms. The Labute approximate surface area is 87.5 Å². The van der Waals surface area contributed by atoms with E-state index in [-0.39, 0.29) is 6.07 Å². The highest BCUT2D eigenvalue weighted by molar-refractivity contribution is 5.27. The maximum atomic E-state index is 13.1. The molecule has 3 N–H and O–H groups in total. The van der Waals surface area contributed by atoms with Gasteiger partial charge in [-0.25, -0.2) is 8.78 Å². The highest BCUT2D eigenvalue weighted by Crippen LogP contribution is 2.39. The molecular formula is C9H8F5NO. The third-order valence-corrected chi connectivity index (χ3v) is 2.14. The minimum atomic E-state index is -5.14. The first kappa shape index (κ1) is 12.9. The van der Waals surface area contributed by atoms with Crippen molar-refractivity contribution in [2.75, 3.05) is 6.54 Å². The lowest BCUT2D eigenvalue weighted by Crippen LogP contribution is -2.48. The Morgan fingerprint density at radius 2 is 1.75 bits per heavy atom. The third kappa shape index (κ3) is 2.00. The van der Waals surface area contributed by atoms with E-state index in [1.54, 1.807) is 0 Å². The topological polar surface area (TPSA) is 46.2 Å². The summed E-state index contributed by atoms with van der Waals surface area (Å²) in [6.45, 7) is -1.25. The fourth-order valence-electron chi connectivity index (χ4n) is 1.20. The van der Waals surface area contributed by atoms with Gasteiger partial charge < -0.3 is 10.8 Å². The molecule has 2 nitrogen and oxygen atoms in total. The smallest absolute Gasteiger partial charge is 0.375 e. The summed E-state index contributed by atoms with van der Waals surface area (Å²) < 4.78 is 63.1. The predicted octanol–water partition coefficient (Wildman–Crippen LogP) is 1.67. The van der Waals surface area contributed by atoms with Crippen LogP contribution in [0.5, 0.6) is 0 Å². The van der Waals surface area contributed by atoms with Crippen molar-refractivity contribution < 1.29 is 27.1 Å². The van der Waals surface area contributed by atoms with Crippen molar-refractivity contribution in [3.63, 3.8) is 0 Å². The molecule has 0 aliphatic rings. The van der Waals surface area contributed by atoms with Gasteiger partial charge in [0.25, 0.3) is 0 Å². The van der Waals surface area contributed by atoms with Gasteiger partial charge in [0, 0.05) is 18.2 Å². The fourth-order valence-corrected chi connectivity index (χ4v) is 1.20. The summed E-state index contributed by atoms with van der Waals surface area (Å²) in [5, 5.41) is 9.29.